The summed E-state index contributed by atoms with van der Waals surface area (Å²) in [6, 6.07) is 0.479. The van der Waals surface area contributed by atoms with Crippen molar-refractivity contribution in [3.8, 4) is 0 Å². The molecule has 2 aliphatic rings. The van der Waals surface area contributed by atoms with Gasteiger partial charge in [-0.2, -0.15) is 0 Å². The van der Waals surface area contributed by atoms with E-state index in [0.29, 0.717) is 17.9 Å². The van der Waals surface area contributed by atoms with Gasteiger partial charge in [0.15, 0.2) is 0 Å². The van der Waals surface area contributed by atoms with Crippen LogP contribution in [0.4, 0.5) is 0 Å². The van der Waals surface area contributed by atoms with E-state index in [1.807, 2.05) is 4.90 Å². The monoisotopic (exact) mass is 282 g/mol. The molecule has 1 amide bonds. The van der Waals surface area contributed by atoms with Crippen LogP contribution in [-0.4, -0.2) is 61.6 Å². The minimum absolute atomic E-state index is 0.166. The van der Waals surface area contributed by atoms with Crippen molar-refractivity contribution in [1.29, 1.82) is 0 Å². The number of amides is 1. The van der Waals surface area contributed by atoms with Crippen LogP contribution >= 0.6 is 0 Å². The fraction of sp³-hybridized carbons (Fsp3) is 0.938. The molecule has 0 unspecified atom stereocenters. The van der Waals surface area contributed by atoms with E-state index in [4.69, 9.17) is 4.74 Å². The highest BCUT2D eigenvalue weighted by molar-refractivity contribution is 5.77. The highest BCUT2D eigenvalue weighted by Crippen LogP contribution is 2.26. The van der Waals surface area contributed by atoms with E-state index in [0.717, 1.165) is 19.5 Å². The second kappa shape index (κ2) is 6.90. The summed E-state index contributed by atoms with van der Waals surface area (Å²) in [5, 5.41) is 0. The Kier molecular flexibility index (Phi) is 5.44. The van der Waals surface area contributed by atoms with E-state index < -0.39 is 0 Å². The van der Waals surface area contributed by atoms with Crippen LogP contribution < -0.4 is 0 Å². The third-order valence-corrected chi connectivity index (χ3v) is 5.04. The van der Waals surface area contributed by atoms with Gasteiger partial charge in [0.25, 0.3) is 0 Å². The molecule has 1 aliphatic carbocycles. The molecule has 0 aromatic heterocycles. The van der Waals surface area contributed by atoms with Crippen LogP contribution in [0.5, 0.6) is 0 Å². The van der Waals surface area contributed by atoms with Crippen molar-refractivity contribution in [3.63, 3.8) is 0 Å². The number of ether oxygens (including phenoxy) is 1. The summed E-state index contributed by atoms with van der Waals surface area (Å²) >= 11 is 0. The molecule has 0 spiro atoms. The highest BCUT2D eigenvalue weighted by Gasteiger charge is 2.34. The van der Waals surface area contributed by atoms with E-state index in [9.17, 15) is 4.79 Å². The molecule has 2 fully saturated rings. The first kappa shape index (κ1) is 15.8. The van der Waals surface area contributed by atoms with Gasteiger partial charge in [-0.1, -0.05) is 26.7 Å². The maximum Gasteiger partial charge on any atom is 0.248 e. The van der Waals surface area contributed by atoms with Gasteiger partial charge in [0.05, 0.1) is 6.10 Å². The number of nitrogens with zero attached hydrogens (tertiary/aromatic N) is 2. The summed E-state index contributed by atoms with van der Waals surface area (Å²) in [6.07, 6.45) is 5.20. The SMILES string of the molecule is C[C@@H]1CCCC[C@@H]1OCC(=O)N1C[C@@H](C)[C@H](N(C)C)C1. The average molecular weight is 282 g/mol. The molecule has 4 atom stereocenters. The van der Waals surface area contributed by atoms with Crippen LogP contribution in [0.25, 0.3) is 0 Å². The van der Waals surface area contributed by atoms with Crippen LogP contribution in [0.1, 0.15) is 39.5 Å². The van der Waals surface area contributed by atoms with Gasteiger partial charge >= 0.3 is 0 Å². The Labute approximate surface area is 123 Å². The quantitative estimate of drug-likeness (QED) is 0.790. The Morgan fingerprint density at radius 3 is 2.45 bits per heavy atom. The first-order valence-electron chi connectivity index (χ1n) is 8.05. The third kappa shape index (κ3) is 3.73. The molecule has 1 aliphatic heterocycles. The molecular weight excluding hydrogens is 252 g/mol. The van der Waals surface area contributed by atoms with Crippen LogP contribution in [0.15, 0.2) is 0 Å². The smallest absolute Gasteiger partial charge is 0.248 e. The summed E-state index contributed by atoms with van der Waals surface area (Å²) < 4.78 is 5.90. The molecule has 0 radical (unpaired) electrons. The topological polar surface area (TPSA) is 32.8 Å². The zero-order valence-corrected chi connectivity index (χ0v) is 13.5. The number of likely N-dealkylation sites (N-methyl/N-ethyl adjacent to an activating group) is 1. The molecule has 1 heterocycles. The van der Waals surface area contributed by atoms with E-state index in [2.05, 4.69) is 32.8 Å². The standard InChI is InChI=1S/C16H30N2O2/c1-12-7-5-6-8-15(12)20-11-16(19)18-9-13(2)14(10-18)17(3)4/h12-15H,5-11H2,1-4H3/t12-,13-,14-,15+/m1/s1. The van der Waals surface area contributed by atoms with Crippen molar-refractivity contribution in [1.82, 2.24) is 9.80 Å². The zero-order valence-electron chi connectivity index (χ0n) is 13.5. The summed E-state index contributed by atoms with van der Waals surface area (Å²) in [5.74, 6) is 1.31. The number of carbonyl (C=O) groups is 1. The lowest BCUT2D eigenvalue weighted by Crippen LogP contribution is -2.38. The third-order valence-electron chi connectivity index (χ3n) is 5.04. The number of hydrogen-bond donors (Lipinski definition) is 0. The van der Waals surface area contributed by atoms with Crippen molar-refractivity contribution < 1.29 is 9.53 Å². The molecule has 0 aromatic rings. The number of rotatable bonds is 4. The predicted octanol–water partition coefficient (Wildman–Crippen LogP) is 1.99. The first-order valence-corrected chi connectivity index (χ1v) is 8.05. The largest absolute Gasteiger partial charge is 0.368 e. The molecule has 0 N–H and O–H groups in total. The van der Waals surface area contributed by atoms with Crippen molar-refractivity contribution in [2.45, 2.75) is 51.7 Å². The Hall–Kier alpha value is -0.610. The van der Waals surface area contributed by atoms with Crippen LogP contribution in [0.2, 0.25) is 0 Å². The minimum Gasteiger partial charge on any atom is -0.368 e. The Morgan fingerprint density at radius 2 is 1.85 bits per heavy atom. The maximum absolute atomic E-state index is 12.3. The Bertz CT molecular complexity index is 332. The normalized spacial score (nSPS) is 34.8. The molecule has 2 rings (SSSR count). The Balaban J connectivity index is 1.78. The molecule has 4 nitrogen and oxygen atoms in total. The average Bonchev–Trinajstić information content (AvgIpc) is 2.80. The lowest BCUT2D eigenvalue weighted by Gasteiger charge is -2.29. The van der Waals surface area contributed by atoms with E-state index in [-0.39, 0.29) is 18.6 Å². The number of likely N-dealkylation sites (tertiary alicyclic amines) is 1. The maximum atomic E-state index is 12.3. The highest BCUT2D eigenvalue weighted by atomic mass is 16.5. The van der Waals surface area contributed by atoms with Crippen molar-refractivity contribution in [2.75, 3.05) is 33.8 Å². The molecular formula is C16H30N2O2. The van der Waals surface area contributed by atoms with Crippen LogP contribution in [-0.2, 0) is 9.53 Å². The van der Waals surface area contributed by atoms with Crippen LogP contribution in [0, 0.1) is 11.8 Å². The molecule has 116 valence electrons. The lowest BCUT2D eigenvalue weighted by molar-refractivity contribution is -0.139. The molecule has 1 saturated heterocycles. The Morgan fingerprint density at radius 1 is 1.15 bits per heavy atom. The first-order chi connectivity index (χ1) is 9.49. The fourth-order valence-corrected chi connectivity index (χ4v) is 3.62. The summed E-state index contributed by atoms with van der Waals surface area (Å²) in [4.78, 5) is 16.5. The van der Waals surface area contributed by atoms with E-state index in [1.54, 1.807) is 0 Å². The molecule has 0 aromatic carbocycles. The van der Waals surface area contributed by atoms with Gasteiger partial charge in [-0.3, -0.25) is 4.79 Å². The minimum atomic E-state index is 0.166. The van der Waals surface area contributed by atoms with Crippen molar-refractivity contribution in [2.24, 2.45) is 11.8 Å². The van der Waals surface area contributed by atoms with E-state index in [1.165, 1.54) is 19.3 Å². The van der Waals surface area contributed by atoms with Gasteiger partial charge in [-0.05, 0) is 38.8 Å². The summed E-state index contributed by atoms with van der Waals surface area (Å²) in [5.41, 5.74) is 0. The van der Waals surface area contributed by atoms with Crippen molar-refractivity contribution in [3.05, 3.63) is 0 Å². The van der Waals surface area contributed by atoms with Gasteiger partial charge in [-0.25, -0.2) is 0 Å². The number of hydrogen-bond acceptors (Lipinski definition) is 3. The summed E-state index contributed by atoms with van der Waals surface area (Å²) in [7, 11) is 4.19. The van der Waals surface area contributed by atoms with Gasteiger partial charge in [0, 0.05) is 19.1 Å². The number of carbonyl (C=O) groups excluding carboxylic acids is 1. The van der Waals surface area contributed by atoms with E-state index >= 15 is 0 Å². The van der Waals surface area contributed by atoms with Crippen molar-refractivity contribution >= 4 is 5.91 Å². The van der Waals surface area contributed by atoms with Gasteiger partial charge in [-0.15, -0.1) is 0 Å². The van der Waals surface area contributed by atoms with Gasteiger partial charge < -0.3 is 14.5 Å². The molecule has 20 heavy (non-hydrogen) atoms. The molecule has 0 bridgehead atoms. The second-order valence-corrected chi connectivity index (χ2v) is 6.92. The summed E-state index contributed by atoms with van der Waals surface area (Å²) in [6.45, 7) is 6.44. The second-order valence-electron chi connectivity index (χ2n) is 6.92. The van der Waals surface area contributed by atoms with Crippen LogP contribution in [0.3, 0.4) is 0 Å². The van der Waals surface area contributed by atoms with Gasteiger partial charge in [0.1, 0.15) is 6.61 Å². The zero-order chi connectivity index (χ0) is 14.7. The predicted molar refractivity (Wildman–Crippen MR) is 80.6 cm³/mol. The fourth-order valence-electron chi connectivity index (χ4n) is 3.62. The lowest BCUT2D eigenvalue weighted by atomic mass is 9.88. The van der Waals surface area contributed by atoms with Gasteiger partial charge in [0.2, 0.25) is 5.91 Å². The molecule has 4 heteroatoms. The molecule has 1 saturated carbocycles.